The molecule has 2 fully saturated rings. The highest BCUT2D eigenvalue weighted by Gasteiger charge is 2.21. The number of pyridine rings is 1. The summed E-state index contributed by atoms with van der Waals surface area (Å²) in [4.78, 5) is 16.3. The largest absolute Gasteiger partial charge is 0.375 e. The van der Waals surface area contributed by atoms with Crippen molar-refractivity contribution in [1.29, 1.82) is 0 Å². The highest BCUT2D eigenvalue weighted by atomic mass is 16.5. The molecule has 30 heavy (non-hydrogen) atoms. The summed E-state index contributed by atoms with van der Waals surface area (Å²) in [7, 11) is 0. The molecule has 2 aliphatic rings. The first-order chi connectivity index (χ1) is 14.8. The van der Waals surface area contributed by atoms with Gasteiger partial charge in [0.15, 0.2) is 5.65 Å². The number of morpholine rings is 1. The van der Waals surface area contributed by atoms with Gasteiger partial charge in [0.2, 0.25) is 5.95 Å². The molecule has 5 rings (SSSR count). The lowest BCUT2D eigenvalue weighted by Gasteiger charge is -2.31. The summed E-state index contributed by atoms with van der Waals surface area (Å²) in [6.07, 6.45) is 8.68. The maximum atomic E-state index is 5.68. The smallest absolute Gasteiger partial charge is 0.229 e. The van der Waals surface area contributed by atoms with E-state index < -0.39 is 0 Å². The SMILES string of the molecule is C[C@@H]1CN(c2nc(Nc3ccc(C4CCCCC4)cc3)c3cccnc3n2)CCO1. The molecule has 0 radical (unpaired) electrons. The van der Waals surface area contributed by atoms with E-state index in [0.717, 1.165) is 30.0 Å². The molecule has 0 spiro atoms. The Hall–Kier alpha value is -2.73. The van der Waals surface area contributed by atoms with Gasteiger partial charge in [-0.05, 0) is 55.5 Å². The third kappa shape index (κ3) is 4.10. The zero-order valence-electron chi connectivity index (χ0n) is 17.6. The summed E-state index contributed by atoms with van der Waals surface area (Å²) < 4.78 is 5.68. The van der Waals surface area contributed by atoms with Crippen molar-refractivity contribution in [2.24, 2.45) is 0 Å². The molecule has 3 heterocycles. The molecule has 1 saturated heterocycles. The van der Waals surface area contributed by atoms with Gasteiger partial charge in [0.25, 0.3) is 0 Å². The lowest BCUT2D eigenvalue weighted by atomic mass is 9.84. The monoisotopic (exact) mass is 403 g/mol. The molecule has 1 aliphatic carbocycles. The normalized spacial score (nSPS) is 20.4. The lowest BCUT2D eigenvalue weighted by molar-refractivity contribution is 0.0526. The van der Waals surface area contributed by atoms with E-state index in [-0.39, 0.29) is 6.10 Å². The maximum Gasteiger partial charge on any atom is 0.229 e. The van der Waals surface area contributed by atoms with Crippen LogP contribution in [0.4, 0.5) is 17.5 Å². The van der Waals surface area contributed by atoms with Crippen LogP contribution in [0.15, 0.2) is 42.6 Å². The molecule has 0 amide bonds. The van der Waals surface area contributed by atoms with Crippen LogP contribution >= 0.6 is 0 Å². The Kier molecular flexibility index (Phi) is 5.49. The van der Waals surface area contributed by atoms with Crippen molar-refractivity contribution in [1.82, 2.24) is 15.0 Å². The third-order valence-electron chi connectivity index (χ3n) is 6.23. The molecule has 2 aromatic heterocycles. The van der Waals surface area contributed by atoms with Crippen LogP contribution in [0.25, 0.3) is 11.0 Å². The van der Waals surface area contributed by atoms with Gasteiger partial charge in [0.1, 0.15) is 5.82 Å². The van der Waals surface area contributed by atoms with Crippen LogP contribution in [-0.4, -0.2) is 40.8 Å². The zero-order valence-corrected chi connectivity index (χ0v) is 17.6. The molecule has 0 unspecified atom stereocenters. The molecular formula is C24H29N5O. The van der Waals surface area contributed by atoms with Gasteiger partial charge in [-0.1, -0.05) is 31.4 Å². The number of hydrogen-bond donors (Lipinski definition) is 1. The van der Waals surface area contributed by atoms with Crippen molar-refractivity contribution in [2.45, 2.75) is 51.0 Å². The van der Waals surface area contributed by atoms with Crippen LogP contribution in [0.2, 0.25) is 0 Å². The average molecular weight is 404 g/mol. The van der Waals surface area contributed by atoms with E-state index in [0.29, 0.717) is 24.1 Å². The van der Waals surface area contributed by atoms with Crippen molar-refractivity contribution in [3.05, 3.63) is 48.2 Å². The average Bonchev–Trinajstić information content (AvgIpc) is 2.80. The number of nitrogens with one attached hydrogen (secondary N) is 1. The second kappa shape index (κ2) is 8.56. The molecule has 1 aromatic carbocycles. The molecule has 1 aliphatic heterocycles. The molecule has 1 N–H and O–H groups in total. The van der Waals surface area contributed by atoms with Gasteiger partial charge < -0.3 is 15.0 Å². The van der Waals surface area contributed by atoms with Crippen molar-refractivity contribution < 1.29 is 4.74 Å². The zero-order chi connectivity index (χ0) is 20.3. The highest BCUT2D eigenvalue weighted by Crippen LogP contribution is 2.33. The second-order valence-corrected chi connectivity index (χ2v) is 8.46. The summed E-state index contributed by atoms with van der Waals surface area (Å²) in [5.74, 6) is 2.22. The van der Waals surface area contributed by atoms with Crippen molar-refractivity contribution in [3.8, 4) is 0 Å². The van der Waals surface area contributed by atoms with E-state index in [2.05, 4.69) is 46.4 Å². The fraction of sp³-hybridized carbons (Fsp3) is 0.458. The molecule has 0 bridgehead atoms. The van der Waals surface area contributed by atoms with E-state index in [9.17, 15) is 0 Å². The topological polar surface area (TPSA) is 63.2 Å². The molecule has 156 valence electrons. The maximum absolute atomic E-state index is 5.68. The number of benzene rings is 1. The van der Waals surface area contributed by atoms with Crippen LogP contribution < -0.4 is 10.2 Å². The van der Waals surface area contributed by atoms with E-state index in [4.69, 9.17) is 14.7 Å². The first-order valence-electron chi connectivity index (χ1n) is 11.1. The van der Waals surface area contributed by atoms with Gasteiger partial charge >= 0.3 is 0 Å². The standard InChI is InChI=1S/C24H29N5O/c1-17-16-29(14-15-30-17)24-27-22-21(8-5-13-25-22)23(28-24)26-20-11-9-19(10-12-20)18-6-3-2-4-7-18/h5,8-13,17-18H,2-4,6-7,14-16H2,1H3,(H,25,26,27,28)/t17-/m1/s1. The Bertz CT molecular complexity index is 1000. The van der Waals surface area contributed by atoms with E-state index >= 15 is 0 Å². The minimum Gasteiger partial charge on any atom is -0.375 e. The molecule has 1 saturated carbocycles. The van der Waals surface area contributed by atoms with Crippen molar-refractivity contribution in [3.63, 3.8) is 0 Å². The number of ether oxygens (including phenoxy) is 1. The van der Waals surface area contributed by atoms with Crippen molar-refractivity contribution >= 4 is 28.5 Å². The minimum atomic E-state index is 0.172. The number of hydrogen-bond acceptors (Lipinski definition) is 6. The van der Waals surface area contributed by atoms with Crippen LogP contribution in [0, 0.1) is 0 Å². The number of fused-ring (bicyclic) bond motifs is 1. The second-order valence-electron chi connectivity index (χ2n) is 8.46. The Morgan fingerprint density at radius 2 is 1.87 bits per heavy atom. The Morgan fingerprint density at radius 1 is 1.03 bits per heavy atom. The molecular weight excluding hydrogens is 374 g/mol. The molecule has 1 atom stereocenters. The fourth-order valence-electron chi connectivity index (χ4n) is 4.60. The van der Waals surface area contributed by atoms with E-state index in [1.165, 1.54) is 37.7 Å². The van der Waals surface area contributed by atoms with E-state index in [1.54, 1.807) is 6.20 Å². The minimum absolute atomic E-state index is 0.172. The number of rotatable bonds is 4. The summed E-state index contributed by atoms with van der Waals surface area (Å²) >= 11 is 0. The summed E-state index contributed by atoms with van der Waals surface area (Å²) in [6, 6.07) is 12.8. The predicted molar refractivity (Wildman–Crippen MR) is 121 cm³/mol. The van der Waals surface area contributed by atoms with Crippen LogP contribution in [0.1, 0.15) is 50.5 Å². The van der Waals surface area contributed by atoms with Crippen molar-refractivity contribution in [2.75, 3.05) is 29.9 Å². The van der Waals surface area contributed by atoms with Gasteiger partial charge in [0.05, 0.1) is 18.1 Å². The van der Waals surface area contributed by atoms with Gasteiger partial charge in [-0.2, -0.15) is 9.97 Å². The van der Waals surface area contributed by atoms with Gasteiger partial charge in [-0.15, -0.1) is 0 Å². The molecule has 6 heteroatoms. The first-order valence-corrected chi connectivity index (χ1v) is 11.1. The van der Waals surface area contributed by atoms with Gasteiger partial charge in [-0.25, -0.2) is 4.98 Å². The van der Waals surface area contributed by atoms with Crippen LogP contribution in [0.5, 0.6) is 0 Å². The Morgan fingerprint density at radius 3 is 2.67 bits per heavy atom. The highest BCUT2D eigenvalue weighted by molar-refractivity contribution is 5.89. The quantitative estimate of drug-likeness (QED) is 0.658. The number of anilines is 3. The number of nitrogens with zero attached hydrogens (tertiary/aromatic N) is 4. The first kappa shape index (κ1) is 19.2. The summed E-state index contributed by atoms with van der Waals surface area (Å²) in [6.45, 7) is 4.35. The fourth-order valence-corrected chi connectivity index (χ4v) is 4.60. The van der Waals surface area contributed by atoms with Gasteiger partial charge in [0, 0.05) is 25.0 Å². The third-order valence-corrected chi connectivity index (χ3v) is 6.23. The number of aromatic nitrogens is 3. The molecule has 6 nitrogen and oxygen atoms in total. The summed E-state index contributed by atoms with van der Waals surface area (Å²) in [5, 5.41) is 4.45. The molecule has 3 aromatic rings. The lowest BCUT2D eigenvalue weighted by Crippen LogP contribution is -2.42. The van der Waals surface area contributed by atoms with E-state index in [1.807, 2.05) is 12.1 Å². The van der Waals surface area contributed by atoms with Crippen LogP contribution in [-0.2, 0) is 4.74 Å². The Balaban J connectivity index is 1.43. The summed E-state index contributed by atoms with van der Waals surface area (Å²) in [5.41, 5.74) is 3.21. The Labute approximate surface area is 177 Å². The predicted octanol–water partition coefficient (Wildman–Crippen LogP) is 5.04. The van der Waals surface area contributed by atoms with Crippen LogP contribution in [0.3, 0.4) is 0 Å². The van der Waals surface area contributed by atoms with Gasteiger partial charge in [-0.3, -0.25) is 0 Å².